The van der Waals surface area contributed by atoms with Crippen LogP contribution in [0.1, 0.15) is 44.5 Å². The molecule has 0 spiro atoms. The predicted molar refractivity (Wildman–Crippen MR) is 84.9 cm³/mol. The van der Waals surface area contributed by atoms with Crippen molar-refractivity contribution in [3.63, 3.8) is 0 Å². The van der Waals surface area contributed by atoms with Gasteiger partial charge in [0.25, 0.3) is 0 Å². The van der Waals surface area contributed by atoms with E-state index in [1.54, 1.807) is 7.11 Å². The Kier molecular flexibility index (Phi) is 6.05. The molecule has 1 saturated carbocycles. The van der Waals surface area contributed by atoms with E-state index in [4.69, 9.17) is 4.74 Å². The van der Waals surface area contributed by atoms with Crippen LogP contribution >= 0.6 is 0 Å². The number of benzene rings is 1. The second-order valence-corrected chi connectivity index (χ2v) is 5.08. The highest BCUT2D eigenvalue weighted by Crippen LogP contribution is 2.42. The Balaban J connectivity index is 0.000000956. The molecule has 0 saturated heterocycles. The molecule has 0 bridgehead atoms. The monoisotopic (exact) mass is 277 g/mol. The first-order valence-electron chi connectivity index (χ1n) is 7.51. The number of carbonyl (C=O) groups is 1. The van der Waals surface area contributed by atoms with Crippen molar-refractivity contribution in [2.75, 3.05) is 25.6 Å². The van der Waals surface area contributed by atoms with Gasteiger partial charge in [-0.2, -0.15) is 0 Å². The number of methoxy groups -OCH3 is 1. The van der Waals surface area contributed by atoms with Crippen LogP contribution in [0.3, 0.4) is 0 Å². The van der Waals surface area contributed by atoms with Crippen molar-refractivity contribution < 1.29 is 9.53 Å². The van der Waals surface area contributed by atoms with Gasteiger partial charge in [0.05, 0.1) is 12.7 Å². The lowest BCUT2D eigenvalue weighted by molar-refractivity contribution is 0.0959. The van der Waals surface area contributed by atoms with Crippen molar-refractivity contribution in [2.45, 2.75) is 34.1 Å². The van der Waals surface area contributed by atoms with Gasteiger partial charge in [0.15, 0.2) is 5.78 Å². The van der Waals surface area contributed by atoms with Crippen LogP contribution in [0.4, 0.5) is 5.69 Å². The Morgan fingerprint density at radius 2 is 2.00 bits per heavy atom. The number of hydrogen-bond donors (Lipinski definition) is 0. The van der Waals surface area contributed by atoms with Crippen LogP contribution in [-0.4, -0.2) is 26.5 Å². The Morgan fingerprint density at radius 1 is 1.40 bits per heavy atom. The maximum Gasteiger partial charge on any atom is 0.169 e. The molecule has 1 aromatic rings. The number of carbonyl (C=O) groups excluding carboxylic acids is 1. The number of anilines is 1. The summed E-state index contributed by atoms with van der Waals surface area (Å²) >= 11 is 0. The van der Waals surface area contributed by atoms with Gasteiger partial charge in [-0.3, -0.25) is 4.79 Å². The average Bonchev–Trinajstić information content (AvgIpc) is 3.24. The standard InChI is InChI=1S/C15H21NO2.C2H6/c1-5-16(3)11-6-7-12(14(9-11)18-4)15(17)13-8-10(13)2;1-2/h6-7,9-10,13H,5,8H2,1-4H3;1-2H3. The van der Waals surface area contributed by atoms with E-state index in [-0.39, 0.29) is 11.7 Å². The van der Waals surface area contributed by atoms with Gasteiger partial charge in [-0.25, -0.2) is 0 Å². The van der Waals surface area contributed by atoms with E-state index in [1.165, 1.54) is 0 Å². The molecule has 1 fully saturated rings. The zero-order valence-electron chi connectivity index (χ0n) is 13.6. The van der Waals surface area contributed by atoms with E-state index in [0.29, 0.717) is 11.7 Å². The minimum atomic E-state index is 0.202. The number of rotatable bonds is 5. The molecular formula is C17H27NO2. The van der Waals surface area contributed by atoms with Crippen LogP contribution in [0.25, 0.3) is 0 Å². The van der Waals surface area contributed by atoms with Crippen LogP contribution in [0.2, 0.25) is 0 Å². The molecule has 0 aromatic heterocycles. The van der Waals surface area contributed by atoms with Gasteiger partial charge in [0.2, 0.25) is 0 Å². The number of hydrogen-bond acceptors (Lipinski definition) is 3. The van der Waals surface area contributed by atoms with E-state index >= 15 is 0 Å². The molecule has 3 heteroatoms. The molecule has 2 unspecified atom stereocenters. The summed E-state index contributed by atoms with van der Waals surface area (Å²) in [5.41, 5.74) is 1.80. The normalized spacial score (nSPS) is 19.7. The molecule has 0 amide bonds. The average molecular weight is 277 g/mol. The molecule has 2 rings (SSSR count). The van der Waals surface area contributed by atoms with Crippen LogP contribution in [0, 0.1) is 11.8 Å². The molecule has 2 atom stereocenters. The largest absolute Gasteiger partial charge is 0.496 e. The zero-order valence-corrected chi connectivity index (χ0v) is 13.6. The minimum absolute atomic E-state index is 0.202. The maximum atomic E-state index is 12.3. The number of ether oxygens (including phenoxy) is 1. The molecule has 1 aliphatic carbocycles. The van der Waals surface area contributed by atoms with E-state index in [9.17, 15) is 4.79 Å². The molecule has 0 radical (unpaired) electrons. The molecular weight excluding hydrogens is 250 g/mol. The van der Waals surface area contributed by atoms with E-state index in [0.717, 1.165) is 24.2 Å². The topological polar surface area (TPSA) is 29.5 Å². The van der Waals surface area contributed by atoms with Gasteiger partial charge < -0.3 is 9.64 Å². The SMILES string of the molecule is CC.CCN(C)c1ccc(C(=O)C2CC2C)c(OC)c1. The summed E-state index contributed by atoms with van der Waals surface area (Å²) < 4.78 is 5.37. The zero-order chi connectivity index (χ0) is 15.3. The molecule has 112 valence electrons. The van der Waals surface area contributed by atoms with Gasteiger partial charge in [-0.1, -0.05) is 20.8 Å². The van der Waals surface area contributed by atoms with Crippen LogP contribution in [0.15, 0.2) is 18.2 Å². The lowest BCUT2D eigenvalue weighted by Gasteiger charge is -2.18. The first-order chi connectivity index (χ1) is 9.58. The maximum absolute atomic E-state index is 12.3. The molecule has 1 aromatic carbocycles. The third-order valence-corrected chi connectivity index (χ3v) is 3.81. The van der Waals surface area contributed by atoms with Crippen molar-refractivity contribution in [1.29, 1.82) is 0 Å². The Labute approximate surface area is 122 Å². The van der Waals surface area contributed by atoms with Crippen molar-refractivity contribution >= 4 is 11.5 Å². The van der Waals surface area contributed by atoms with Crippen LogP contribution in [0.5, 0.6) is 5.75 Å². The Bertz CT molecular complexity index is 456. The van der Waals surface area contributed by atoms with Gasteiger partial charge in [0, 0.05) is 31.3 Å². The lowest BCUT2D eigenvalue weighted by Crippen LogP contribution is -2.16. The fourth-order valence-corrected chi connectivity index (χ4v) is 2.19. The van der Waals surface area contributed by atoms with Crippen molar-refractivity contribution in [3.8, 4) is 5.75 Å². The minimum Gasteiger partial charge on any atom is -0.496 e. The Morgan fingerprint density at radius 3 is 2.45 bits per heavy atom. The third kappa shape index (κ3) is 3.53. The summed E-state index contributed by atoms with van der Waals surface area (Å²) in [6, 6.07) is 5.84. The second-order valence-electron chi connectivity index (χ2n) is 5.08. The van der Waals surface area contributed by atoms with Gasteiger partial charge >= 0.3 is 0 Å². The highest BCUT2D eigenvalue weighted by molar-refractivity contribution is 6.02. The van der Waals surface area contributed by atoms with Crippen LogP contribution in [-0.2, 0) is 0 Å². The summed E-state index contributed by atoms with van der Waals surface area (Å²) in [5.74, 6) is 1.65. The molecule has 1 aliphatic rings. The van der Waals surface area contributed by atoms with Gasteiger partial charge in [0.1, 0.15) is 5.75 Å². The van der Waals surface area contributed by atoms with E-state index in [2.05, 4.69) is 18.7 Å². The molecule has 3 nitrogen and oxygen atoms in total. The summed E-state index contributed by atoms with van der Waals surface area (Å²) in [6.45, 7) is 9.14. The predicted octanol–water partition coefficient (Wildman–Crippen LogP) is 4.02. The quantitative estimate of drug-likeness (QED) is 0.761. The highest BCUT2D eigenvalue weighted by atomic mass is 16.5. The molecule has 0 aliphatic heterocycles. The Hall–Kier alpha value is -1.51. The summed E-state index contributed by atoms with van der Waals surface area (Å²) in [6.07, 6.45) is 1.01. The van der Waals surface area contributed by atoms with Crippen molar-refractivity contribution in [3.05, 3.63) is 23.8 Å². The summed E-state index contributed by atoms with van der Waals surface area (Å²) in [4.78, 5) is 14.4. The number of Topliss-reactive ketones (excluding diaryl/α,β-unsaturated/α-hetero) is 1. The number of nitrogens with zero attached hydrogens (tertiary/aromatic N) is 1. The van der Waals surface area contributed by atoms with Gasteiger partial charge in [-0.05, 0) is 31.4 Å². The summed E-state index contributed by atoms with van der Waals surface area (Å²) in [5, 5.41) is 0. The lowest BCUT2D eigenvalue weighted by atomic mass is 10.0. The molecule has 0 heterocycles. The summed E-state index contributed by atoms with van der Waals surface area (Å²) in [7, 11) is 3.65. The first kappa shape index (κ1) is 16.5. The second kappa shape index (κ2) is 7.32. The highest BCUT2D eigenvalue weighted by Gasteiger charge is 2.40. The van der Waals surface area contributed by atoms with Crippen molar-refractivity contribution in [1.82, 2.24) is 0 Å². The molecule has 20 heavy (non-hydrogen) atoms. The van der Waals surface area contributed by atoms with E-state index in [1.807, 2.05) is 39.1 Å². The third-order valence-electron chi connectivity index (χ3n) is 3.81. The fourth-order valence-electron chi connectivity index (χ4n) is 2.19. The first-order valence-corrected chi connectivity index (χ1v) is 7.51. The van der Waals surface area contributed by atoms with Crippen LogP contribution < -0.4 is 9.64 Å². The fraction of sp³-hybridized carbons (Fsp3) is 0.588. The smallest absolute Gasteiger partial charge is 0.169 e. The van der Waals surface area contributed by atoms with Crippen molar-refractivity contribution in [2.24, 2.45) is 11.8 Å². The van der Waals surface area contributed by atoms with Gasteiger partial charge in [-0.15, -0.1) is 0 Å². The molecule has 0 N–H and O–H groups in total. The number of ketones is 1. The van der Waals surface area contributed by atoms with E-state index < -0.39 is 0 Å².